The number of para-hydroxylation sites is 1. The van der Waals surface area contributed by atoms with Crippen LogP contribution in [0.1, 0.15) is 85.0 Å². The molecule has 0 amide bonds. The van der Waals surface area contributed by atoms with Crippen molar-refractivity contribution in [2.24, 2.45) is 0 Å². The smallest absolute Gasteiger partial charge is 0.0714 e. The van der Waals surface area contributed by atoms with E-state index >= 15 is 0 Å². The van der Waals surface area contributed by atoms with Gasteiger partial charge in [-0.1, -0.05) is 198 Å². The van der Waals surface area contributed by atoms with Gasteiger partial charge in [-0.05, 0) is 127 Å². The van der Waals surface area contributed by atoms with Crippen LogP contribution in [-0.4, -0.2) is 0 Å². The Bertz CT molecular complexity index is 3140. The summed E-state index contributed by atoms with van der Waals surface area (Å²) in [5, 5.41) is 0. The molecule has 0 bridgehead atoms. The highest BCUT2D eigenvalue weighted by Crippen LogP contribution is 2.59. The van der Waals surface area contributed by atoms with E-state index in [1.165, 1.54) is 94.7 Å². The van der Waals surface area contributed by atoms with Crippen LogP contribution < -0.4 is 4.90 Å². The van der Waals surface area contributed by atoms with E-state index in [1.807, 2.05) is 0 Å². The monoisotopic (exact) mass is 795 g/mol. The highest BCUT2D eigenvalue weighted by atomic mass is 15.1. The maximum absolute atomic E-state index is 2.56. The SMILES string of the molecule is CC1(C)C2=C(CCC=C2)c2ccc(N(c3ccc4c(c3)C(c3ccccc3)(c3ccccc3)c3ccccc3-4)c3ccccc3-c3cccc4c3-c3ccccc3C4(C)C)cc21. The van der Waals surface area contributed by atoms with Crippen molar-refractivity contribution in [1.82, 2.24) is 0 Å². The molecule has 8 aromatic rings. The van der Waals surface area contributed by atoms with Gasteiger partial charge >= 0.3 is 0 Å². The Morgan fingerprint density at radius 1 is 0.403 bits per heavy atom. The van der Waals surface area contributed by atoms with Gasteiger partial charge in [0.2, 0.25) is 0 Å². The average Bonchev–Trinajstić information content (AvgIpc) is 3.84. The number of hydrogen-bond donors (Lipinski definition) is 0. The van der Waals surface area contributed by atoms with E-state index in [1.54, 1.807) is 0 Å². The molecule has 0 N–H and O–H groups in total. The number of benzene rings is 8. The van der Waals surface area contributed by atoms with E-state index in [9.17, 15) is 0 Å². The summed E-state index contributed by atoms with van der Waals surface area (Å²) in [5.41, 5.74) is 24.2. The standard InChI is InChI=1S/C61H49N/c1-59(2)52-30-16-13-27-50(52)58-49(28-19-32-54(58)59)48-26-14-18-33-57(48)62(42-34-36-46-44-24-11-15-29-51(44)60(3,4)55(46)38-42)43-35-37-47-45-25-12-17-31-53(45)61(56(47)39-43,40-20-7-5-8-21-40)41-22-9-6-10-23-41/h5-10,12-23,25-39H,11,24H2,1-4H3. The summed E-state index contributed by atoms with van der Waals surface area (Å²) < 4.78 is 0. The normalized spacial score (nSPS) is 16.5. The van der Waals surface area contributed by atoms with E-state index in [2.05, 4.69) is 233 Å². The Labute approximate surface area is 366 Å². The first-order valence-electron chi connectivity index (χ1n) is 22.3. The Morgan fingerprint density at radius 3 is 1.68 bits per heavy atom. The second-order valence-corrected chi connectivity index (χ2v) is 18.7. The second-order valence-electron chi connectivity index (χ2n) is 18.7. The quantitative estimate of drug-likeness (QED) is 0.162. The van der Waals surface area contributed by atoms with Gasteiger partial charge in [-0.25, -0.2) is 0 Å². The van der Waals surface area contributed by atoms with Crippen LogP contribution in [0.5, 0.6) is 0 Å². The molecule has 0 heterocycles. The summed E-state index contributed by atoms with van der Waals surface area (Å²) >= 11 is 0. The molecule has 4 aliphatic carbocycles. The molecule has 0 atom stereocenters. The van der Waals surface area contributed by atoms with Crippen molar-refractivity contribution in [1.29, 1.82) is 0 Å². The molecule has 0 fully saturated rings. The van der Waals surface area contributed by atoms with Crippen molar-refractivity contribution in [2.75, 3.05) is 4.90 Å². The molecule has 0 saturated carbocycles. The summed E-state index contributed by atoms with van der Waals surface area (Å²) in [5.74, 6) is 0. The zero-order chi connectivity index (χ0) is 41.8. The summed E-state index contributed by atoms with van der Waals surface area (Å²) in [6.45, 7) is 9.59. The van der Waals surface area contributed by atoms with Crippen molar-refractivity contribution >= 4 is 22.6 Å². The molecule has 0 radical (unpaired) electrons. The van der Waals surface area contributed by atoms with E-state index in [-0.39, 0.29) is 10.8 Å². The summed E-state index contributed by atoms with van der Waals surface area (Å²) in [4.78, 5) is 2.56. The van der Waals surface area contributed by atoms with Crippen molar-refractivity contribution in [3.8, 4) is 33.4 Å². The van der Waals surface area contributed by atoms with Crippen molar-refractivity contribution in [3.63, 3.8) is 0 Å². The molecule has 0 spiro atoms. The minimum Gasteiger partial charge on any atom is -0.310 e. The number of rotatable bonds is 6. The lowest BCUT2D eigenvalue weighted by molar-refractivity contribution is 0.651. The lowest BCUT2D eigenvalue weighted by Crippen LogP contribution is -2.28. The fraction of sp³-hybridized carbons (Fsp3) is 0.148. The zero-order valence-electron chi connectivity index (χ0n) is 35.9. The molecule has 0 aliphatic heterocycles. The third kappa shape index (κ3) is 5.03. The van der Waals surface area contributed by atoms with E-state index < -0.39 is 5.41 Å². The minimum absolute atomic E-state index is 0.101. The van der Waals surface area contributed by atoms with E-state index in [0.29, 0.717) is 0 Å². The Balaban J connectivity index is 1.14. The zero-order valence-corrected chi connectivity index (χ0v) is 35.9. The fourth-order valence-corrected chi connectivity index (χ4v) is 12.0. The second kappa shape index (κ2) is 13.5. The van der Waals surface area contributed by atoms with Gasteiger partial charge in [0.1, 0.15) is 0 Å². The predicted molar refractivity (Wildman–Crippen MR) is 260 cm³/mol. The summed E-state index contributed by atoms with van der Waals surface area (Å²) in [6.07, 6.45) is 6.95. The van der Waals surface area contributed by atoms with Crippen LogP contribution in [0.3, 0.4) is 0 Å². The van der Waals surface area contributed by atoms with Crippen molar-refractivity contribution in [2.45, 2.75) is 56.8 Å². The predicted octanol–water partition coefficient (Wildman–Crippen LogP) is 15.9. The largest absolute Gasteiger partial charge is 0.310 e. The topological polar surface area (TPSA) is 3.24 Å². The highest BCUT2D eigenvalue weighted by Gasteiger charge is 2.47. The number of nitrogens with zero attached hydrogens (tertiary/aromatic N) is 1. The Hall–Kier alpha value is -6.96. The van der Waals surface area contributed by atoms with Crippen LogP contribution in [0.2, 0.25) is 0 Å². The first kappa shape index (κ1) is 36.9. The van der Waals surface area contributed by atoms with Crippen LogP contribution in [0, 0.1) is 0 Å². The van der Waals surface area contributed by atoms with Gasteiger partial charge in [-0.3, -0.25) is 0 Å². The summed E-state index contributed by atoms with van der Waals surface area (Å²) in [6, 6.07) is 71.1. The molecule has 1 heteroatoms. The van der Waals surface area contributed by atoms with Gasteiger partial charge in [-0.2, -0.15) is 0 Å². The third-order valence-electron chi connectivity index (χ3n) is 14.8. The van der Waals surface area contributed by atoms with Crippen molar-refractivity contribution in [3.05, 3.63) is 250 Å². The number of allylic oxidation sites excluding steroid dienone is 4. The molecule has 1 nitrogen and oxygen atoms in total. The first-order chi connectivity index (χ1) is 30.3. The van der Waals surface area contributed by atoms with Gasteiger partial charge in [0.25, 0.3) is 0 Å². The highest BCUT2D eigenvalue weighted by molar-refractivity contribution is 5.99. The Kier molecular flexibility index (Phi) is 8.04. The first-order valence-corrected chi connectivity index (χ1v) is 22.3. The molecule has 298 valence electrons. The van der Waals surface area contributed by atoms with Crippen LogP contribution >= 0.6 is 0 Å². The molecule has 62 heavy (non-hydrogen) atoms. The van der Waals surface area contributed by atoms with Crippen LogP contribution in [0.4, 0.5) is 17.1 Å². The average molecular weight is 796 g/mol. The number of anilines is 3. The van der Waals surface area contributed by atoms with Gasteiger partial charge in [0.15, 0.2) is 0 Å². The molecule has 0 saturated heterocycles. The number of fused-ring (bicyclic) bond motifs is 8. The van der Waals surface area contributed by atoms with E-state index in [4.69, 9.17) is 0 Å². The van der Waals surface area contributed by atoms with Gasteiger partial charge in [-0.15, -0.1) is 0 Å². The molecular formula is C61H49N. The van der Waals surface area contributed by atoms with Gasteiger partial charge < -0.3 is 4.90 Å². The van der Waals surface area contributed by atoms with E-state index in [0.717, 1.165) is 24.2 Å². The molecule has 0 unspecified atom stereocenters. The third-order valence-corrected chi connectivity index (χ3v) is 14.8. The van der Waals surface area contributed by atoms with Gasteiger partial charge in [0.05, 0.1) is 11.1 Å². The number of hydrogen-bond acceptors (Lipinski definition) is 1. The lowest BCUT2D eigenvalue weighted by Gasteiger charge is -2.35. The Morgan fingerprint density at radius 2 is 0.952 bits per heavy atom. The lowest BCUT2D eigenvalue weighted by atomic mass is 9.67. The maximum atomic E-state index is 2.56. The van der Waals surface area contributed by atoms with Crippen molar-refractivity contribution < 1.29 is 0 Å². The fourth-order valence-electron chi connectivity index (χ4n) is 12.0. The van der Waals surface area contributed by atoms with Crippen LogP contribution in [0.25, 0.3) is 39.0 Å². The molecular weight excluding hydrogens is 747 g/mol. The molecule has 12 rings (SSSR count). The maximum Gasteiger partial charge on any atom is 0.0714 e. The van der Waals surface area contributed by atoms with Crippen LogP contribution in [-0.2, 0) is 16.2 Å². The molecule has 8 aromatic carbocycles. The molecule has 0 aromatic heterocycles. The molecule has 4 aliphatic rings. The minimum atomic E-state index is -0.513. The van der Waals surface area contributed by atoms with Crippen LogP contribution in [0.15, 0.2) is 206 Å². The summed E-state index contributed by atoms with van der Waals surface area (Å²) in [7, 11) is 0. The van der Waals surface area contributed by atoms with Gasteiger partial charge in [0, 0.05) is 27.8 Å².